The Labute approximate surface area is 139 Å². The number of hydrogen-bond donors (Lipinski definition) is 2. The number of methoxy groups -OCH3 is 1. The number of ether oxygens (including phenoxy) is 1. The van der Waals surface area contributed by atoms with E-state index in [0.717, 1.165) is 24.2 Å². The first-order chi connectivity index (χ1) is 11.5. The van der Waals surface area contributed by atoms with Crippen LogP contribution in [0.3, 0.4) is 0 Å². The number of aromatic amines is 1. The van der Waals surface area contributed by atoms with Crippen molar-refractivity contribution in [2.24, 2.45) is 0 Å². The molecular weight excluding hydrogens is 312 g/mol. The Morgan fingerprint density at radius 2 is 2.25 bits per heavy atom. The van der Waals surface area contributed by atoms with E-state index >= 15 is 0 Å². The lowest BCUT2D eigenvalue weighted by molar-refractivity contribution is 0.0598. The summed E-state index contributed by atoms with van der Waals surface area (Å²) in [7, 11) is 2.99. The summed E-state index contributed by atoms with van der Waals surface area (Å²) < 4.78 is 10.3. The van der Waals surface area contributed by atoms with Crippen molar-refractivity contribution in [3.8, 4) is 0 Å². The predicted octanol–water partition coefficient (Wildman–Crippen LogP) is 1.02. The lowest BCUT2D eigenvalue weighted by atomic mass is 10.1. The number of carbonyl (C=O) groups is 2. The van der Waals surface area contributed by atoms with Crippen molar-refractivity contribution < 1.29 is 18.7 Å². The molecule has 2 N–H and O–H groups in total. The lowest BCUT2D eigenvalue weighted by Gasteiger charge is -2.17. The second-order valence-electron chi connectivity index (χ2n) is 5.79. The van der Waals surface area contributed by atoms with Gasteiger partial charge in [-0.25, -0.2) is 4.79 Å². The van der Waals surface area contributed by atoms with Gasteiger partial charge >= 0.3 is 5.97 Å². The van der Waals surface area contributed by atoms with Crippen LogP contribution in [-0.4, -0.2) is 47.7 Å². The van der Waals surface area contributed by atoms with Crippen molar-refractivity contribution in [3.05, 3.63) is 40.1 Å². The van der Waals surface area contributed by atoms with Crippen molar-refractivity contribution in [2.45, 2.75) is 26.4 Å². The number of fused-ring (bicyclic) bond motifs is 1. The number of furan rings is 1. The van der Waals surface area contributed by atoms with Gasteiger partial charge in [0.05, 0.1) is 13.7 Å². The Hall–Kier alpha value is -2.61. The Morgan fingerprint density at radius 1 is 1.46 bits per heavy atom. The third-order valence-electron chi connectivity index (χ3n) is 4.12. The zero-order valence-corrected chi connectivity index (χ0v) is 13.9. The molecule has 2 aromatic heterocycles. The highest BCUT2D eigenvalue weighted by molar-refractivity contribution is 5.94. The standard InChI is InChI=1S/C16H20N4O4/c1-9-11(16(22)23-3)6-10(24-9)8-20(2)15(21)14-12-7-17-5-4-13(12)18-19-14/h6,17H,4-5,7-8H2,1-3H3,(H,18,19). The number of nitrogens with zero attached hydrogens (tertiary/aromatic N) is 2. The molecular formula is C16H20N4O4. The van der Waals surface area contributed by atoms with Crippen LogP contribution in [0.25, 0.3) is 0 Å². The second kappa shape index (κ2) is 6.48. The highest BCUT2D eigenvalue weighted by Gasteiger charge is 2.25. The van der Waals surface area contributed by atoms with E-state index in [1.165, 1.54) is 12.0 Å². The van der Waals surface area contributed by atoms with E-state index in [4.69, 9.17) is 9.15 Å². The minimum Gasteiger partial charge on any atom is -0.465 e. The summed E-state index contributed by atoms with van der Waals surface area (Å²) in [5, 5.41) is 10.3. The Kier molecular flexibility index (Phi) is 4.39. The van der Waals surface area contributed by atoms with Crippen molar-refractivity contribution >= 4 is 11.9 Å². The topological polar surface area (TPSA) is 100 Å². The maximum Gasteiger partial charge on any atom is 0.341 e. The summed E-state index contributed by atoms with van der Waals surface area (Å²) in [6.45, 7) is 3.44. The van der Waals surface area contributed by atoms with Gasteiger partial charge in [0.25, 0.3) is 5.91 Å². The lowest BCUT2D eigenvalue weighted by Crippen LogP contribution is -2.29. The molecule has 0 saturated heterocycles. The minimum atomic E-state index is -0.455. The first-order valence-electron chi connectivity index (χ1n) is 7.71. The molecule has 128 valence electrons. The molecule has 0 aromatic carbocycles. The van der Waals surface area contributed by atoms with Crippen LogP contribution in [0.15, 0.2) is 10.5 Å². The molecule has 2 aromatic rings. The molecule has 0 spiro atoms. The number of carbonyl (C=O) groups excluding carboxylic acids is 2. The Balaban J connectivity index is 1.75. The molecule has 3 rings (SSSR count). The molecule has 0 bridgehead atoms. The van der Waals surface area contributed by atoms with Gasteiger partial charge in [-0.3, -0.25) is 9.89 Å². The molecule has 3 heterocycles. The van der Waals surface area contributed by atoms with Crippen LogP contribution in [-0.2, 0) is 24.2 Å². The highest BCUT2D eigenvalue weighted by atomic mass is 16.5. The predicted molar refractivity (Wildman–Crippen MR) is 84.6 cm³/mol. The molecule has 0 radical (unpaired) electrons. The quantitative estimate of drug-likeness (QED) is 0.811. The number of amides is 1. The molecule has 1 aliphatic heterocycles. The Bertz CT molecular complexity index is 777. The molecule has 24 heavy (non-hydrogen) atoms. The van der Waals surface area contributed by atoms with E-state index in [-0.39, 0.29) is 12.5 Å². The van der Waals surface area contributed by atoms with Gasteiger partial charge in [-0.1, -0.05) is 0 Å². The van der Waals surface area contributed by atoms with Crippen molar-refractivity contribution in [3.63, 3.8) is 0 Å². The average Bonchev–Trinajstić information content (AvgIpc) is 3.17. The first kappa shape index (κ1) is 16.3. The van der Waals surface area contributed by atoms with Gasteiger partial charge in [-0.15, -0.1) is 0 Å². The van der Waals surface area contributed by atoms with Crippen molar-refractivity contribution in [1.29, 1.82) is 0 Å². The SMILES string of the molecule is COC(=O)c1cc(CN(C)C(=O)c2n[nH]c3c2CNCC3)oc1C. The zero-order chi connectivity index (χ0) is 17.3. The zero-order valence-electron chi connectivity index (χ0n) is 13.9. The van der Waals surface area contributed by atoms with E-state index in [1.807, 2.05) is 0 Å². The summed E-state index contributed by atoms with van der Waals surface area (Å²) in [6.07, 6.45) is 0.833. The fraction of sp³-hybridized carbons (Fsp3) is 0.438. The maximum atomic E-state index is 12.6. The van der Waals surface area contributed by atoms with Gasteiger partial charge in [-0.2, -0.15) is 5.10 Å². The molecule has 1 aliphatic rings. The molecule has 0 fully saturated rings. The molecule has 0 unspecified atom stereocenters. The van der Waals surface area contributed by atoms with E-state index in [2.05, 4.69) is 15.5 Å². The number of aryl methyl sites for hydroxylation is 1. The summed E-state index contributed by atoms with van der Waals surface area (Å²) in [5.74, 6) is 0.346. The van der Waals surface area contributed by atoms with E-state index in [9.17, 15) is 9.59 Å². The Morgan fingerprint density at radius 3 is 3.00 bits per heavy atom. The van der Waals surface area contributed by atoms with Gasteiger partial charge in [0.1, 0.15) is 17.1 Å². The third-order valence-corrected chi connectivity index (χ3v) is 4.12. The first-order valence-corrected chi connectivity index (χ1v) is 7.71. The summed E-state index contributed by atoms with van der Waals surface area (Å²) in [6, 6.07) is 1.60. The van der Waals surface area contributed by atoms with E-state index < -0.39 is 5.97 Å². The average molecular weight is 332 g/mol. The number of H-pyrrole nitrogens is 1. The maximum absolute atomic E-state index is 12.6. The number of rotatable bonds is 4. The largest absolute Gasteiger partial charge is 0.465 e. The van der Waals surface area contributed by atoms with Gasteiger partial charge in [0.2, 0.25) is 0 Å². The molecule has 0 saturated carbocycles. The summed E-state index contributed by atoms with van der Waals surface area (Å²) in [4.78, 5) is 25.8. The minimum absolute atomic E-state index is 0.190. The molecule has 8 heteroatoms. The van der Waals surface area contributed by atoms with Crippen molar-refractivity contribution in [2.75, 3.05) is 20.7 Å². The fourth-order valence-corrected chi connectivity index (χ4v) is 2.82. The molecule has 0 atom stereocenters. The van der Waals surface area contributed by atoms with Crippen LogP contribution in [0.2, 0.25) is 0 Å². The second-order valence-corrected chi connectivity index (χ2v) is 5.79. The van der Waals surface area contributed by atoms with Crippen LogP contribution >= 0.6 is 0 Å². The van der Waals surface area contributed by atoms with Crippen LogP contribution in [0.1, 0.15) is 43.6 Å². The monoisotopic (exact) mass is 332 g/mol. The summed E-state index contributed by atoms with van der Waals surface area (Å²) >= 11 is 0. The van der Waals surface area contributed by atoms with E-state index in [0.29, 0.717) is 29.3 Å². The number of aromatic nitrogens is 2. The van der Waals surface area contributed by atoms with Crippen LogP contribution < -0.4 is 5.32 Å². The van der Waals surface area contributed by atoms with Crippen LogP contribution in [0.4, 0.5) is 0 Å². The smallest absolute Gasteiger partial charge is 0.341 e. The number of hydrogen-bond acceptors (Lipinski definition) is 6. The van der Waals surface area contributed by atoms with Crippen LogP contribution in [0, 0.1) is 6.92 Å². The van der Waals surface area contributed by atoms with Gasteiger partial charge in [-0.05, 0) is 13.0 Å². The van der Waals surface area contributed by atoms with Gasteiger partial charge < -0.3 is 19.4 Å². The molecule has 8 nitrogen and oxygen atoms in total. The van der Waals surface area contributed by atoms with Crippen molar-refractivity contribution in [1.82, 2.24) is 20.4 Å². The third kappa shape index (κ3) is 2.92. The normalized spacial score (nSPS) is 13.5. The fourth-order valence-electron chi connectivity index (χ4n) is 2.82. The highest BCUT2D eigenvalue weighted by Crippen LogP contribution is 2.20. The number of esters is 1. The van der Waals surface area contributed by atoms with E-state index in [1.54, 1.807) is 20.0 Å². The summed E-state index contributed by atoms with van der Waals surface area (Å²) in [5.41, 5.74) is 2.72. The number of nitrogens with one attached hydrogen (secondary N) is 2. The molecule has 1 amide bonds. The van der Waals surface area contributed by atoms with Gasteiger partial charge in [0.15, 0.2) is 5.69 Å². The van der Waals surface area contributed by atoms with Gasteiger partial charge in [0, 0.05) is 37.8 Å². The molecule has 0 aliphatic carbocycles. The van der Waals surface area contributed by atoms with Crippen LogP contribution in [0.5, 0.6) is 0 Å².